The Hall–Kier alpha value is -3.78. The summed E-state index contributed by atoms with van der Waals surface area (Å²) in [5, 5.41) is 6.38. The van der Waals surface area contributed by atoms with E-state index in [0.29, 0.717) is 29.5 Å². The average Bonchev–Trinajstić information content (AvgIpc) is 3.48. The van der Waals surface area contributed by atoms with Gasteiger partial charge in [0.15, 0.2) is 0 Å². The molecule has 190 valence electrons. The number of hydrogen-bond acceptors (Lipinski definition) is 5. The summed E-state index contributed by atoms with van der Waals surface area (Å²) < 4.78 is 15.5. The monoisotopic (exact) mass is 498 g/mol. The summed E-state index contributed by atoms with van der Waals surface area (Å²) >= 11 is 0. The summed E-state index contributed by atoms with van der Waals surface area (Å²) in [5.74, 6) is 0.658. The molecule has 3 aromatic heterocycles. The zero-order chi connectivity index (χ0) is 25.5. The van der Waals surface area contributed by atoms with Crippen molar-refractivity contribution < 1.29 is 9.18 Å². The zero-order valence-electron chi connectivity index (χ0n) is 21.2. The molecule has 8 heteroatoms. The number of imidazole rings is 1. The molecule has 6 rings (SSSR count). The van der Waals surface area contributed by atoms with Crippen LogP contribution in [0, 0.1) is 5.82 Å². The first kappa shape index (κ1) is 23.6. The number of aromatic nitrogens is 3. The largest absolute Gasteiger partial charge is 0.348 e. The predicted molar refractivity (Wildman–Crippen MR) is 142 cm³/mol. The van der Waals surface area contributed by atoms with Crippen molar-refractivity contribution in [3.05, 3.63) is 77.0 Å². The van der Waals surface area contributed by atoms with Crippen LogP contribution >= 0.6 is 0 Å². The fraction of sp³-hybridized carbons (Fsp3) is 0.345. The molecule has 1 saturated carbocycles. The summed E-state index contributed by atoms with van der Waals surface area (Å²) in [6.45, 7) is 1.27. The normalized spacial score (nSPS) is 15.8. The highest BCUT2D eigenvalue weighted by molar-refractivity contribution is 6.05. The van der Waals surface area contributed by atoms with E-state index in [-0.39, 0.29) is 11.7 Å². The predicted octanol–water partition coefficient (Wildman–Crippen LogP) is 5.63. The van der Waals surface area contributed by atoms with Crippen molar-refractivity contribution in [2.45, 2.75) is 51.1 Å². The van der Waals surface area contributed by atoms with E-state index in [9.17, 15) is 9.18 Å². The van der Waals surface area contributed by atoms with Gasteiger partial charge in [0.25, 0.3) is 5.91 Å². The number of anilines is 2. The van der Waals surface area contributed by atoms with Crippen LogP contribution in [0.15, 0.2) is 48.9 Å². The molecule has 37 heavy (non-hydrogen) atoms. The molecule has 1 amide bonds. The van der Waals surface area contributed by atoms with Gasteiger partial charge < -0.3 is 15.5 Å². The van der Waals surface area contributed by atoms with E-state index in [1.807, 2.05) is 4.40 Å². The number of rotatable bonds is 6. The lowest BCUT2D eigenvalue weighted by molar-refractivity contribution is 0.0966. The van der Waals surface area contributed by atoms with Crippen LogP contribution in [0.2, 0.25) is 0 Å². The van der Waals surface area contributed by atoms with E-state index in [4.69, 9.17) is 0 Å². The van der Waals surface area contributed by atoms with Gasteiger partial charge in [0.1, 0.15) is 17.3 Å². The van der Waals surface area contributed by atoms with Crippen LogP contribution in [0.25, 0.3) is 16.9 Å². The quantitative estimate of drug-likeness (QED) is 0.360. The third-order valence-electron chi connectivity index (χ3n) is 7.53. The number of fused-ring (bicyclic) bond motifs is 2. The van der Waals surface area contributed by atoms with Crippen LogP contribution in [0.1, 0.15) is 65.1 Å². The van der Waals surface area contributed by atoms with Gasteiger partial charge in [-0.15, -0.1) is 0 Å². The number of carbonyl (C=O) groups excluding carboxylic acids is 1. The standard InChI is InChI=1S/C29H31FN6O/c1-35(2)17-19-12-21(8-9-22(19)18-6-4-3-5-7-18)34-28-27-24(15-33-29(27)37)23(14-32-28)25-16-31-26-13-20(30)10-11-36(25)26/h8-14,16,18H,3-7,15,17H2,1-2H3,(H,32,34)(H,33,37). The molecule has 7 nitrogen and oxygen atoms in total. The first-order valence-corrected chi connectivity index (χ1v) is 13.0. The number of hydrogen-bond donors (Lipinski definition) is 2. The molecule has 2 aliphatic rings. The van der Waals surface area contributed by atoms with Crippen molar-refractivity contribution in [3.8, 4) is 11.3 Å². The summed E-state index contributed by atoms with van der Waals surface area (Å²) in [5.41, 5.74) is 7.16. The Kier molecular flexibility index (Phi) is 6.12. The molecule has 4 aromatic rings. The number of halogens is 1. The van der Waals surface area contributed by atoms with Crippen LogP contribution in [0.4, 0.5) is 15.9 Å². The zero-order valence-corrected chi connectivity index (χ0v) is 21.2. The summed E-state index contributed by atoms with van der Waals surface area (Å²) in [4.78, 5) is 24.1. The Morgan fingerprint density at radius 2 is 1.95 bits per heavy atom. The van der Waals surface area contributed by atoms with Gasteiger partial charge in [-0.05, 0) is 67.7 Å². The van der Waals surface area contributed by atoms with E-state index in [1.54, 1.807) is 18.6 Å². The number of amides is 1. The maximum absolute atomic E-state index is 13.7. The third-order valence-corrected chi connectivity index (χ3v) is 7.53. The molecule has 1 fully saturated rings. The fourth-order valence-corrected chi connectivity index (χ4v) is 5.81. The minimum atomic E-state index is -0.340. The number of nitrogens with zero attached hydrogens (tertiary/aromatic N) is 4. The average molecular weight is 499 g/mol. The Balaban J connectivity index is 1.37. The Morgan fingerprint density at radius 1 is 1.11 bits per heavy atom. The molecule has 0 saturated heterocycles. The fourth-order valence-electron chi connectivity index (χ4n) is 5.81. The summed E-state index contributed by atoms with van der Waals surface area (Å²) in [6, 6.07) is 9.35. The molecule has 0 spiro atoms. The second kappa shape index (κ2) is 9.59. The number of pyridine rings is 2. The maximum atomic E-state index is 13.7. The molecular formula is C29H31FN6O. The van der Waals surface area contributed by atoms with Gasteiger partial charge in [0.2, 0.25) is 0 Å². The second-order valence-corrected chi connectivity index (χ2v) is 10.4. The van der Waals surface area contributed by atoms with E-state index < -0.39 is 0 Å². The van der Waals surface area contributed by atoms with E-state index >= 15 is 0 Å². The lowest BCUT2D eigenvalue weighted by Gasteiger charge is -2.26. The molecule has 0 bridgehead atoms. The third kappa shape index (κ3) is 4.46. The SMILES string of the molecule is CN(C)Cc1cc(Nc2ncc(-c3cnc4cc(F)ccn34)c3c2C(=O)NC3)ccc1C1CCCCC1. The highest BCUT2D eigenvalue weighted by Gasteiger charge is 2.28. The smallest absolute Gasteiger partial charge is 0.255 e. The highest BCUT2D eigenvalue weighted by atomic mass is 19.1. The number of benzene rings is 1. The Morgan fingerprint density at radius 3 is 2.76 bits per heavy atom. The number of nitrogens with one attached hydrogen (secondary N) is 2. The first-order chi connectivity index (χ1) is 18.0. The van der Waals surface area contributed by atoms with Crippen molar-refractivity contribution in [2.75, 3.05) is 19.4 Å². The van der Waals surface area contributed by atoms with E-state index in [1.165, 1.54) is 55.4 Å². The Labute approximate surface area is 215 Å². The first-order valence-electron chi connectivity index (χ1n) is 13.0. The van der Waals surface area contributed by atoms with Gasteiger partial charge in [0, 0.05) is 42.8 Å². The molecular weight excluding hydrogens is 467 g/mol. The maximum Gasteiger partial charge on any atom is 0.255 e. The highest BCUT2D eigenvalue weighted by Crippen LogP contribution is 2.37. The van der Waals surface area contributed by atoms with Crippen molar-refractivity contribution in [3.63, 3.8) is 0 Å². The minimum absolute atomic E-state index is 0.154. The van der Waals surface area contributed by atoms with Crippen molar-refractivity contribution in [1.29, 1.82) is 0 Å². The lowest BCUT2D eigenvalue weighted by Crippen LogP contribution is -2.16. The second-order valence-electron chi connectivity index (χ2n) is 10.4. The summed E-state index contributed by atoms with van der Waals surface area (Å²) in [7, 11) is 4.19. The molecule has 1 aromatic carbocycles. The molecule has 1 aliphatic carbocycles. The van der Waals surface area contributed by atoms with Gasteiger partial charge in [-0.25, -0.2) is 14.4 Å². The molecule has 0 unspecified atom stereocenters. The van der Waals surface area contributed by atoms with Gasteiger partial charge in [0.05, 0.1) is 17.5 Å². The van der Waals surface area contributed by atoms with E-state index in [0.717, 1.165) is 29.1 Å². The summed E-state index contributed by atoms with van der Waals surface area (Å²) in [6.07, 6.45) is 11.5. The van der Waals surface area contributed by atoms with Gasteiger partial charge in [-0.1, -0.05) is 25.3 Å². The van der Waals surface area contributed by atoms with Crippen LogP contribution in [0.5, 0.6) is 0 Å². The molecule has 0 radical (unpaired) electrons. The number of carbonyl (C=O) groups is 1. The molecule has 0 atom stereocenters. The van der Waals surface area contributed by atoms with Crippen molar-refractivity contribution in [2.24, 2.45) is 0 Å². The van der Waals surface area contributed by atoms with Gasteiger partial charge in [-0.3, -0.25) is 9.20 Å². The van der Waals surface area contributed by atoms with Gasteiger partial charge >= 0.3 is 0 Å². The Bertz CT molecular complexity index is 1490. The van der Waals surface area contributed by atoms with Crippen LogP contribution in [0.3, 0.4) is 0 Å². The van der Waals surface area contributed by atoms with Crippen molar-refractivity contribution in [1.82, 2.24) is 24.6 Å². The molecule has 2 N–H and O–H groups in total. The topological polar surface area (TPSA) is 74.6 Å². The molecule has 4 heterocycles. The lowest BCUT2D eigenvalue weighted by atomic mass is 9.82. The van der Waals surface area contributed by atoms with Crippen molar-refractivity contribution >= 4 is 23.1 Å². The van der Waals surface area contributed by atoms with Crippen LogP contribution in [-0.4, -0.2) is 39.3 Å². The molecule has 1 aliphatic heterocycles. The minimum Gasteiger partial charge on any atom is -0.348 e. The van der Waals surface area contributed by atoms with E-state index in [2.05, 4.69) is 57.8 Å². The van der Waals surface area contributed by atoms with Crippen LogP contribution in [-0.2, 0) is 13.1 Å². The van der Waals surface area contributed by atoms with Gasteiger partial charge in [-0.2, -0.15) is 0 Å². The van der Waals surface area contributed by atoms with Crippen LogP contribution < -0.4 is 10.6 Å².